The van der Waals surface area contributed by atoms with Crippen LogP contribution in [0.4, 0.5) is 18.0 Å². The van der Waals surface area contributed by atoms with Gasteiger partial charge in [0.1, 0.15) is 0 Å². The maximum absolute atomic E-state index is 13.2. The van der Waals surface area contributed by atoms with E-state index in [1.54, 1.807) is 23.1 Å². The number of rotatable bonds is 4. The lowest BCUT2D eigenvalue weighted by atomic mass is 10.0. The number of halogens is 4. The minimum Gasteiger partial charge on any atom is -0.339 e. The number of urea groups is 1. The molecule has 166 valence electrons. The van der Waals surface area contributed by atoms with E-state index < -0.39 is 23.8 Å². The van der Waals surface area contributed by atoms with Crippen LogP contribution in [0, 0.1) is 0 Å². The Labute approximate surface area is 183 Å². The normalized spacial score (nSPS) is 15.5. The van der Waals surface area contributed by atoms with Crippen molar-refractivity contribution in [3.63, 3.8) is 0 Å². The van der Waals surface area contributed by atoms with E-state index in [4.69, 9.17) is 11.6 Å². The standard InChI is InChI=1S/C22H23ClF3N3O2/c1-15(17-7-3-4-8-18(17)22(24,25)26)27-21(31)29-12-10-28(11-13-29)20(30)14-16-6-2-5-9-19(16)23/h2-9,15H,10-14H2,1H3,(H,27,31). The quantitative estimate of drug-likeness (QED) is 0.740. The van der Waals surface area contributed by atoms with E-state index in [2.05, 4.69) is 5.32 Å². The second-order valence-electron chi connectivity index (χ2n) is 7.39. The van der Waals surface area contributed by atoms with Crippen LogP contribution >= 0.6 is 11.6 Å². The number of benzene rings is 2. The van der Waals surface area contributed by atoms with Crippen LogP contribution in [0.25, 0.3) is 0 Å². The summed E-state index contributed by atoms with van der Waals surface area (Å²) >= 11 is 6.11. The van der Waals surface area contributed by atoms with Crippen molar-refractivity contribution in [1.29, 1.82) is 0 Å². The number of hydrogen-bond donors (Lipinski definition) is 1. The van der Waals surface area contributed by atoms with Crippen LogP contribution in [0.2, 0.25) is 5.02 Å². The van der Waals surface area contributed by atoms with Gasteiger partial charge in [-0.25, -0.2) is 4.79 Å². The maximum atomic E-state index is 13.2. The predicted octanol–water partition coefficient (Wildman–Crippen LogP) is 4.52. The van der Waals surface area contributed by atoms with Crippen LogP contribution in [-0.2, 0) is 17.4 Å². The molecule has 0 aliphatic carbocycles. The summed E-state index contributed by atoms with van der Waals surface area (Å²) in [6, 6.07) is 11.1. The summed E-state index contributed by atoms with van der Waals surface area (Å²) in [5.74, 6) is -0.0827. The summed E-state index contributed by atoms with van der Waals surface area (Å²) in [7, 11) is 0. The van der Waals surface area contributed by atoms with Crippen molar-refractivity contribution in [3.8, 4) is 0 Å². The van der Waals surface area contributed by atoms with Gasteiger partial charge in [-0.3, -0.25) is 4.79 Å². The molecule has 0 saturated carbocycles. The van der Waals surface area contributed by atoms with Gasteiger partial charge in [0.15, 0.2) is 0 Å². The molecule has 0 spiro atoms. The molecule has 1 unspecified atom stereocenters. The van der Waals surface area contributed by atoms with E-state index in [0.717, 1.165) is 11.6 Å². The van der Waals surface area contributed by atoms with Gasteiger partial charge in [-0.15, -0.1) is 0 Å². The molecule has 1 fully saturated rings. The summed E-state index contributed by atoms with van der Waals surface area (Å²) in [5.41, 5.74) is -0.0128. The Morgan fingerprint density at radius 1 is 1.00 bits per heavy atom. The van der Waals surface area contributed by atoms with Crippen molar-refractivity contribution in [3.05, 3.63) is 70.2 Å². The molecule has 31 heavy (non-hydrogen) atoms. The second kappa shape index (κ2) is 9.60. The first-order chi connectivity index (χ1) is 14.7. The topological polar surface area (TPSA) is 52.7 Å². The summed E-state index contributed by atoms with van der Waals surface area (Å²) in [5, 5.41) is 3.17. The molecular weight excluding hydrogens is 431 g/mol. The van der Waals surface area contributed by atoms with Crippen LogP contribution < -0.4 is 5.32 Å². The fourth-order valence-electron chi connectivity index (χ4n) is 3.56. The van der Waals surface area contributed by atoms with Crippen molar-refractivity contribution >= 4 is 23.5 Å². The molecule has 2 aromatic rings. The summed E-state index contributed by atoms with van der Waals surface area (Å²) in [6.45, 7) is 2.82. The number of amides is 3. The Kier molecular flexibility index (Phi) is 7.10. The molecule has 9 heteroatoms. The molecule has 1 N–H and O–H groups in total. The third kappa shape index (κ3) is 5.70. The Morgan fingerprint density at radius 2 is 1.58 bits per heavy atom. The minimum absolute atomic E-state index is 0.0110. The molecule has 0 radical (unpaired) electrons. The molecule has 0 bridgehead atoms. The first-order valence-electron chi connectivity index (χ1n) is 9.89. The first-order valence-corrected chi connectivity index (χ1v) is 10.3. The van der Waals surface area contributed by atoms with E-state index in [-0.39, 0.29) is 17.9 Å². The molecule has 2 aromatic carbocycles. The number of carbonyl (C=O) groups excluding carboxylic acids is 2. The third-order valence-electron chi connectivity index (χ3n) is 5.29. The Balaban J connectivity index is 1.55. The highest BCUT2D eigenvalue weighted by molar-refractivity contribution is 6.31. The average Bonchev–Trinajstić information content (AvgIpc) is 2.74. The molecule has 3 rings (SSSR count). The van der Waals surface area contributed by atoms with Gasteiger partial charge in [-0.2, -0.15) is 13.2 Å². The smallest absolute Gasteiger partial charge is 0.339 e. The van der Waals surface area contributed by atoms with Gasteiger partial charge in [0, 0.05) is 31.2 Å². The van der Waals surface area contributed by atoms with E-state index in [1.165, 1.54) is 30.0 Å². The number of piperazine rings is 1. The maximum Gasteiger partial charge on any atom is 0.416 e. The zero-order valence-electron chi connectivity index (χ0n) is 17.0. The van der Waals surface area contributed by atoms with Crippen molar-refractivity contribution in [1.82, 2.24) is 15.1 Å². The lowest BCUT2D eigenvalue weighted by Gasteiger charge is -2.35. The molecular formula is C22H23ClF3N3O2. The fourth-order valence-corrected chi connectivity index (χ4v) is 3.76. The van der Waals surface area contributed by atoms with Gasteiger partial charge in [-0.05, 0) is 30.2 Å². The van der Waals surface area contributed by atoms with Crippen LogP contribution in [0.1, 0.15) is 29.7 Å². The number of alkyl halides is 3. The van der Waals surface area contributed by atoms with Gasteiger partial charge in [-0.1, -0.05) is 48.0 Å². The second-order valence-corrected chi connectivity index (χ2v) is 7.80. The van der Waals surface area contributed by atoms with Crippen LogP contribution in [0.15, 0.2) is 48.5 Å². The summed E-state index contributed by atoms with van der Waals surface area (Å²) < 4.78 is 39.7. The first kappa shape index (κ1) is 22.9. The number of nitrogens with one attached hydrogen (secondary N) is 1. The molecule has 1 heterocycles. The van der Waals surface area contributed by atoms with Crippen molar-refractivity contribution < 1.29 is 22.8 Å². The van der Waals surface area contributed by atoms with Crippen molar-refractivity contribution in [2.45, 2.75) is 25.6 Å². The van der Waals surface area contributed by atoms with E-state index in [9.17, 15) is 22.8 Å². The lowest BCUT2D eigenvalue weighted by Crippen LogP contribution is -2.53. The van der Waals surface area contributed by atoms with E-state index in [1.807, 2.05) is 6.07 Å². The fraction of sp³-hybridized carbons (Fsp3) is 0.364. The lowest BCUT2D eigenvalue weighted by molar-refractivity contribution is -0.138. The molecule has 1 saturated heterocycles. The predicted molar refractivity (Wildman–Crippen MR) is 112 cm³/mol. The van der Waals surface area contributed by atoms with Gasteiger partial charge >= 0.3 is 12.2 Å². The molecule has 0 aromatic heterocycles. The largest absolute Gasteiger partial charge is 0.416 e. The van der Waals surface area contributed by atoms with Crippen LogP contribution in [0.3, 0.4) is 0 Å². The van der Waals surface area contributed by atoms with E-state index >= 15 is 0 Å². The van der Waals surface area contributed by atoms with Crippen molar-refractivity contribution in [2.75, 3.05) is 26.2 Å². The monoisotopic (exact) mass is 453 g/mol. The van der Waals surface area contributed by atoms with Crippen LogP contribution in [0.5, 0.6) is 0 Å². The van der Waals surface area contributed by atoms with Gasteiger partial charge in [0.2, 0.25) is 5.91 Å². The van der Waals surface area contributed by atoms with E-state index in [0.29, 0.717) is 31.2 Å². The highest BCUT2D eigenvalue weighted by Crippen LogP contribution is 2.34. The molecule has 1 aliphatic rings. The minimum atomic E-state index is -4.50. The number of hydrogen-bond acceptors (Lipinski definition) is 2. The molecule has 1 atom stereocenters. The average molecular weight is 454 g/mol. The Bertz CT molecular complexity index is 944. The molecule has 1 aliphatic heterocycles. The zero-order chi connectivity index (χ0) is 22.6. The van der Waals surface area contributed by atoms with Gasteiger partial charge < -0.3 is 15.1 Å². The Hall–Kier alpha value is -2.74. The Morgan fingerprint density at radius 3 is 2.23 bits per heavy atom. The molecule has 5 nitrogen and oxygen atoms in total. The highest BCUT2D eigenvalue weighted by Gasteiger charge is 2.35. The third-order valence-corrected chi connectivity index (χ3v) is 5.66. The summed E-state index contributed by atoms with van der Waals surface area (Å²) in [6.07, 6.45) is -4.32. The molecule has 3 amide bonds. The van der Waals surface area contributed by atoms with Crippen LogP contribution in [-0.4, -0.2) is 47.9 Å². The number of carbonyl (C=O) groups is 2. The van der Waals surface area contributed by atoms with Gasteiger partial charge in [0.25, 0.3) is 0 Å². The SMILES string of the molecule is CC(NC(=O)N1CCN(C(=O)Cc2ccccc2Cl)CC1)c1ccccc1C(F)(F)F. The summed E-state index contributed by atoms with van der Waals surface area (Å²) in [4.78, 5) is 28.3. The van der Waals surface area contributed by atoms with Gasteiger partial charge in [0.05, 0.1) is 18.0 Å². The van der Waals surface area contributed by atoms with Crippen molar-refractivity contribution in [2.24, 2.45) is 0 Å². The number of nitrogens with zero attached hydrogens (tertiary/aromatic N) is 2. The highest BCUT2D eigenvalue weighted by atomic mass is 35.5. The zero-order valence-corrected chi connectivity index (χ0v) is 17.7.